The van der Waals surface area contributed by atoms with Gasteiger partial charge in [0.1, 0.15) is 16.3 Å². The third-order valence-corrected chi connectivity index (χ3v) is 5.11. The normalized spacial score (nSPS) is 16.1. The van der Waals surface area contributed by atoms with Crippen LogP contribution in [-0.4, -0.2) is 21.5 Å². The Morgan fingerprint density at radius 2 is 2.23 bits per heavy atom. The number of ether oxygens (including phenoxy) is 1. The molecule has 3 aromatic rings. The highest BCUT2D eigenvalue weighted by Crippen LogP contribution is 2.44. The van der Waals surface area contributed by atoms with Crippen molar-refractivity contribution in [3.8, 4) is 11.8 Å². The molecule has 0 bridgehead atoms. The van der Waals surface area contributed by atoms with Crippen molar-refractivity contribution in [3.05, 3.63) is 57.5 Å². The summed E-state index contributed by atoms with van der Waals surface area (Å²) in [6.07, 6.45) is 3.22. The standard InChI is InChI=1S/C17H14N6O2S/c1-2-21-17-23-15-13(26-17)12-11(16(24)22-15)10(8-3-5-20-6-4-8)9(7-18)14(19)25-12/h3-6,10H,2,19H2,1H3,(H2,21,22,23,24)/t10-/m0/s1. The van der Waals surface area contributed by atoms with Crippen LogP contribution in [0.25, 0.3) is 10.3 Å². The summed E-state index contributed by atoms with van der Waals surface area (Å²) in [5.41, 5.74) is 7.37. The van der Waals surface area contributed by atoms with Crippen LogP contribution in [-0.2, 0) is 0 Å². The van der Waals surface area contributed by atoms with Crippen molar-refractivity contribution in [2.75, 3.05) is 11.9 Å². The predicted octanol–water partition coefficient (Wildman–Crippen LogP) is 2.03. The summed E-state index contributed by atoms with van der Waals surface area (Å²) < 4.78 is 6.39. The van der Waals surface area contributed by atoms with E-state index in [4.69, 9.17) is 10.5 Å². The second kappa shape index (κ2) is 6.16. The Bertz CT molecular complexity index is 1130. The van der Waals surface area contributed by atoms with E-state index in [2.05, 4.69) is 26.3 Å². The van der Waals surface area contributed by atoms with Crippen molar-refractivity contribution in [2.24, 2.45) is 5.73 Å². The lowest BCUT2D eigenvalue weighted by Gasteiger charge is -2.25. The van der Waals surface area contributed by atoms with E-state index in [0.717, 1.165) is 5.56 Å². The Labute approximate surface area is 152 Å². The molecule has 0 saturated heterocycles. The topological polar surface area (TPSA) is 130 Å². The minimum atomic E-state index is -0.621. The van der Waals surface area contributed by atoms with E-state index < -0.39 is 5.92 Å². The van der Waals surface area contributed by atoms with Gasteiger partial charge in [-0.1, -0.05) is 11.3 Å². The van der Waals surface area contributed by atoms with Gasteiger partial charge in [-0.3, -0.25) is 9.78 Å². The van der Waals surface area contributed by atoms with Gasteiger partial charge in [-0.15, -0.1) is 0 Å². The number of H-pyrrole nitrogens is 1. The fraction of sp³-hybridized carbons (Fsp3) is 0.176. The van der Waals surface area contributed by atoms with Crippen molar-refractivity contribution < 1.29 is 4.74 Å². The molecule has 4 rings (SSSR count). The quantitative estimate of drug-likeness (QED) is 0.646. The van der Waals surface area contributed by atoms with Crippen LogP contribution >= 0.6 is 11.3 Å². The van der Waals surface area contributed by atoms with E-state index in [9.17, 15) is 10.1 Å². The fourth-order valence-electron chi connectivity index (χ4n) is 3.01. The molecule has 0 radical (unpaired) electrons. The Balaban J connectivity index is 2.03. The first kappa shape index (κ1) is 16.1. The zero-order valence-electron chi connectivity index (χ0n) is 13.7. The molecular formula is C17H14N6O2S. The smallest absolute Gasteiger partial charge is 0.257 e. The molecule has 130 valence electrons. The van der Waals surface area contributed by atoms with E-state index in [1.54, 1.807) is 24.5 Å². The maximum absolute atomic E-state index is 12.8. The van der Waals surface area contributed by atoms with Gasteiger partial charge in [-0.05, 0) is 24.6 Å². The summed E-state index contributed by atoms with van der Waals surface area (Å²) in [6.45, 7) is 2.66. The molecule has 8 nitrogen and oxygen atoms in total. The average molecular weight is 366 g/mol. The predicted molar refractivity (Wildman–Crippen MR) is 97.9 cm³/mol. The highest BCUT2D eigenvalue weighted by atomic mass is 32.1. The van der Waals surface area contributed by atoms with Crippen LogP contribution in [0.2, 0.25) is 0 Å². The van der Waals surface area contributed by atoms with Gasteiger partial charge in [0.25, 0.3) is 5.56 Å². The first-order valence-corrected chi connectivity index (χ1v) is 8.73. The number of nitrogens with zero attached hydrogens (tertiary/aromatic N) is 3. The second-order valence-corrected chi connectivity index (χ2v) is 6.63. The average Bonchev–Trinajstić information content (AvgIpc) is 3.04. The Hall–Kier alpha value is -3.38. The molecule has 0 aliphatic carbocycles. The number of aromatic nitrogens is 3. The third kappa shape index (κ3) is 2.39. The summed E-state index contributed by atoms with van der Waals surface area (Å²) in [5, 5.41) is 13.4. The van der Waals surface area contributed by atoms with Crippen molar-refractivity contribution in [2.45, 2.75) is 12.8 Å². The molecule has 1 aliphatic rings. The third-order valence-electron chi connectivity index (χ3n) is 4.10. The number of fused-ring (bicyclic) bond motifs is 3. The van der Waals surface area contributed by atoms with Crippen LogP contribution in [0.15, 0.2) is 40.8 Å². The number of hydrogen-bond acceptors (Lipinski definition) is 8. The molecule has 1 aliphatic heterocycles. The maximum Gasteiger partial charge on any atom is 0.257 e. The van der Waals surface area contributed by atoms with E-state index in [0.29, 0.717) is 33.3 Å². The number of rotatable bonds is 3. The number of aromatic amines is 1. The van der Waals surface area contributed by atoms with Crippen molar-refractivity contribution in [3.63, 3.8) is 0 Å². The summed E-state index contributed by atoms with van der Waals surface area (Å²) in [7, 11) is 0. The van der Waals surface area contributed by atoms with Gasteiger partial charge in [0, 0.05) is 18.9 Å². The highest BCUT2D eigenvalue weighted by molar-refractivity contribution is 7.22. The minimum Gasteiger partial charge on any atom is -0.438 e. The number of anilines is 1. The van der Waals surface area contributed by atoms with Crippen LogP contribution in [0.3, 0.4) is 0 Å². The molecule has 0 saturated carbocycles. The fourth-order valence-corrected chi connectivity index (χ4v) is 3.99. The number of nitrogens with two attached hydrogens (primary N) is 1. The van der Waals surface area contributed by atoms with Crippen LogP contribution in [0, 0.1) is 11.3 Å². The Morgan fingerprint density at radius 1 is 1.46 bits per heavy atom. The molecule has 0 unspecified atom stereocenters. The zero-order valence-corrected chi connectivity index (χ0v) is 14.6. The number of pyridine rings is 2. The first-order chi connectivity index (χ1) is 12.6. The summed E-state index contributed by atoms with van der Waals surface area (Å²) >= 11 is 1.36. The molecule has 4 N–H and O–H groups in total. The SMILES string of the molecule is CCNc1nc2[nH]c(=O)c3c(c2s1)OC(N)=C(C#N)[C@@H]3c1ccncc1. The lowest BCUT2D eigenvalue weighted by Crippen LogP contribution is -2.27. The van der Waals surface area contributed by atoms with Crippen LogP contribution in [0.1, 0.15) is 24.0 Å². The number of nitrogens with one attached hydrogen (secondary N) is 2. The van der Waals surface area contributed by atoms with Gasteiger partial charge in [0.2, 0.25) is 5.88 Å². The van der Waals surface area contributed by atoms with Crippen LogP contribution in [0.5, 0.6) is 5.75 Å². The van der Waals surface area contributed by atoms with E-state index >= 15 is 0 Å². The molecule has 1 atom stereocenters. The lowest BCUT2D eigenvalue weighted by atomic mass is 9.85. The summed E-state index contributed by atoms with van der Waals surface area (Å²) in [4.78, 5) is 24.0. The van der Waals surface area contributed by atoms with E-state index in [1.807, 2.05) is 6.92 Å². The first-order valence-electron chi connectivity index (χ1n) is 7.92. The van der Waals surface area contributed by atoms with Gasteiger partial charge in [0.05, 0.1) is 11.5 Å². The highest BCUT2D eigenvalue weighted by Gasteiger charge is 2.35. The number of thiazole rings is 1. The largest absolute Gasteiger partial charge is 0.438 e. The second-order valence-electron chi connectivity index (χ2n) is 5.63. The molecule has 0 spiro atoms. The monoisotopic (exact) mass is 366 g/mol. The number of hydrogen-bond donors (Lipinski definition) is 3. The molecule has 9 heteroatoms. The Morgan fingerprint density at radius 3 is 2.92 bits per heavy atom. The maximum atomic E-state index is 12.8. The summed E-state index contributed by atoms with van der Waals surface area (Å²) in [5.74, 6) is -0.277. The molecule has 4 heterocycles. The van der Waals surface area contributed by atoms with Gasteiger partial charge in [-0.25, -0.2) is 4.98 Å². The molecule has 3 aromatic heterocycles. The summed E-state index contributed by atoms with van der Waals surface area (Å²) in [6, 6.07) is 5.59. The minimum absolute atomic E-state index is 0.00730. The zero-order chi connectivity index (χ0) is 18.3. The number of allylic oxidation sites excluding steroid dienone is 1. The van der Waals surface area contributed by atoms with Crippen LogP contribution in [0.4, 0.5) is 5.13 Å². The van der Waals surface area contributed by atoms with E-state index in [-0.39, 0.29) is 17.0 Å². The number of nitriles is 1. The molecule has 0 fully saturated rings. The van der Waals surface area contributed by atoms with Gasteiger partial charge >= 0.3 is 0 Å². The van der Waals surface area contributed by atoms with Crippen LogP contribution < -0.4 is 21.3 Å². The van der Waals surface area contributed by atoms with Crippen molar-refractivity contribution >= 4 is 26.8 Å². The lowest BCUT2D eigenvalue weighted by molar-refractivity contribution is 0.397. The van der Waals surface area contributed by atoms with Crippen molar-refractivity contribution in [1.29, 1.82) is 5.26 Å². The Kier molecular flexibility index (Phi) is 3.82. The van der Waals surface area contributed by atoms with Gasteiger partial charge < -0.3 is 20.8 Å². The van der Waals surface area contributed by atoms with Gasteiger partial charge in [0.15, 0.2) is 16.5 Å². The molecule has 0 aromatic carbocycles. The molecular weight excluding hydrogens is 352 g/mol. The molecule has 0 amide bonds. The van der Waals surface area contributed by atoms with Gasteiger partial charge in [-0.2, -0.15) is 5.26 Å². The molecule has 26 heavy (non-hydrogen) atoms. The van der Waals surface area contributed by atoms with E-state index in [1.165, 1.54) is 11.3 Å². The van der Waals surface area contributed by atoms with Crippen molar-refractivity contribution in [1.82, 2.24) is 15.0 Å².